The fourth-order valence-electron chi connectivity index (χ4n) is 2.01. The predicted octanol–water partition coefficient (Wildman–Crippen LogP) is 2.23. The summed E-state index contributed by atoms with van der Waals surface area (Å²) in [6.07, 6.45) is 0. The van der Waals surface area contributed by atoms with Crippen LogP contribution in [0.25, 0.3) is 21.8 Å². The van der Waals surface area contributed by atoms with Crippen molar-refractivity contribution in [2.24, 2.45) is 0 Å². The Labute approximate surface area is 108 Å². The molecule has 2 heterocycles. The number of rotatable bonds is 0. The van der Waals surface area contributed by atoms with Gasteiger partial charge in [-0.15, -0.1) is 0 Å². The molecule has 0 saturated carbocycles. The van der Waals surface area contributed by atoms with Gasteiger partial charge in [0.15, 0.2) is 0 Å². The molecule has 0 radical (unpaired) electrons. The lowest BCUT2D eigenvalue weighted by atomic mass is 10.1. The zero-order chi connectivity index (χ0) is 13.4. The van der Waals surface area contributed by atoms with Crippen LogP contribution in [0.5, 0.6) is 5.75 Å². The van der Waals surface area contributed by atoms with E-state index in [9.17, 15) is 5.11 Å². The quantitative estimate of drug-likeness (QED) is 0.614. The molecule has 5 heteroatoms. The normalized spacial score (nSPS) is 10.2. The fourth-order valence-corrected chi connectivity index (χ4v) is 2.01. The van der Waals surface area contributed by atoms with Crippen LogP contribution >= 0.6 is 0 Å². The van der Waals surface area contributed by atoms with Gasteiger partial charge in [-0.1, -0.05) is 0 Å². The van der Waals surface area contributed by atoms with Gasteiger partial charge in [0.25, 0.3) is 0 Å². The van der Waals surface area contributed by atoms with Gasteiger partial charge in [0.2, 0.25) is 0 Å². The van der Waals surface area contributed by atoms with Gasteiger partial charge in [0, 0.05) is 16.8 Å². The van der Waals surface area contributed by atoms with Crippen LogP contribution in [0.2, 0.25) is 0 Å². The molecule has 19 heavy (non-hydrogen) atoms. The summed E-state index contributed by atoms with van der Waals surface area (Å²) in [5, 5.41) is 29.1. The lowest BCUT2D eigenvalue weighted by Crippen LogP contribution is -1.89. The van der Waals surface area contributed by atoms with Crippen molar-refractivity contribution in [3.8, 4) is 17.9 Å². The maximum Gasteiger partial charge on any atom is 0.144 e. The molecular weight excluding hydrogens is 240 g/mol. The highest BCUT2D eigenvalue weighted by Gasteiger charge is 2.09. The van der Waals surface area contributed by atoms with Gasteiger partial charge >= 0.3 is 0 Å². The number of hydrogen-bond acceptors (Lipinski definition) is 5. The number of fused-ring (bicyclic) bond motifs is 3. The maximum absolute atomic E-state index is 9.96. The van der Waals surface area contributed by atoms with Crippen LogP contribution in [0.1, 0.15) is 11.4 Å². The van der Waals surface area contributed by atoms with Gasteiger partial charge in [0.1, 0.15) is 34.8 Å². The van der Waals surface area contributed by atoms with Crippen LogP contribution in [0, 0.1) is 22.7 Å². The third-order valence-electron chi connectivity index (χ3n) is 2.86. The molecular formula is C14H6N4O. The fraction of sp³-hybridized carbons (Fsp3) is 0. The van der Waals surface area contributed by atoms with Crippen molar-refractivity contribution in [1.82, 2.24) is 9.97 Å². The molecule has 0 bridgehead atoms. The summed E-state index contributed by atoms with van der Waals surface area (Å²) in [7, 11) is 0. The summed E-state index contributed by atoms with van der Waals surface area (Å²) < 4.78 is 0. The highest BCUT2D eigenvalue weighted by Crippen LogP contribution is 2.30. The van der Waals surface area contributed by atoms with E-state index in [4.69, 9.17) is 10.5 Å². The van der Waals surface area contributed by atoms with Crippen molar-refractivity contribution < 1.29 is 5.11 Å². The Morgan fingerprint density at radius 3 is 2.21 bits per heavy atom. The smallest absolute Gasteiger partial charge is 0.144 e. The van der Waals surface area contributed by atoms with Crippen molar-refractivity contribution in [3.05, 3.63) is 41.7 Å². The number of pyridine rings is 2. The van der Waals surface area contributed by atoms with Crippen molar-refractivity contribution in [2.75, 3.05) is 0 Å². The molecule has 0 aliphatic rings. The molecule has 0 aliphatic heterocycles. The first-order valence-electron chi connectivity index (χ1n) is 5.46. The summed E-state index contributed by atoms with van der Waals surface area (Å²) in [4.78, 5) is 8.22. The van der Waals surface area contributed by atoms with E-state index in [0.29, 0.717) is 16.4 Å². The number of hydrogen-bond donors (Lipinski definition) is 1. The van der Waals surface area contributed by atoms with Gasteiger partial charge in [-0.25, -0.2) is 9.97 Å². The standard InChI is InChI=1S/C14H6N4O/c15-6-8-1-3-10-11-4-2-9(7-16)18-14(11)13(19)5-12(10)17-8/h1-5,19H. The summed E-state index contributed by atoms with van der Waals surface area (Å²) in [6.45, 7) is 0. The number of nitriles is 2. The average Bonchev–Trinajstić information content (AvgIpc) is 2.46. The molecule has 1 aromatic carbocycles. The SMILES string of the molecule is N#Cc1ccc2c(cc(O)c3nc(C#N)ccc32)n1. The Bertz CT molecular complexity index is 903. The Morgan fingerprint density at radius 1 is 0.895 bits per heavy atom. The first-order chi connectivity index (χ1) is 9.22. The molecule has 0 fully saturated rings. The number of phenols is 1. The van der Waals surface area contributed by atoms with E-state index < -0.39 is 0 Å². The minimum absolute atomic E-state index is 0.0535. The highest BCUT2D eigenvalue weighted by molar-refractivity contribution is 6.07. The number of benzene rings is 1. The molecule has 0 atom stereocenters. The average molecular weight is 246 g/mol. The Balaban J connectivity index is 2.48. The molecule has 0 spiro atoms. The van der Waals surface area contributed by atoms with E-state index in [-0.39, 0.29) is 17.1 Å². The van der Waals surface area contributed by atoms with Gasteiger partial charge in [0.05, 0.1) is 5.52 Å². The zero-order valence-electron chi connectivity index (χ0n) is 9.62. The minimum atomic E-state index is -0.0535. The first-order valence-corrected chi connectivity index (χ1v) is 5.46. The third kappa shape index (κ3) is 1.62. The lowest BCUT2D eigenvalue weighted by molar-refractivity contribution is 0.481. The molecule has 2 aromatic heterocycles. The predicted molar refractivity (Wildman–Crippen MR) is 68.1 cm³/mol. The summed E-state index contributed by atoms with van der Waals surface area (Å²) in [5.41, 5.74) is 1.41. The van der Waals surface area contributed by atoms with Crippen molar-refractivity contribution in [1.29, 1.82) is 10.5 Å². The molecule has 3 rings (SSSR count). The van der Waals surface area contributed by atoms with Gasteiger partial charge in [-0.05, 0) is 24.3 Å². The number of nitrogens with zero attached hydrogens (tertiary/aromatic N) is 4. The number of phenolic OH excluding ortho intramolecular Hbond substituents is 1. The van der Waals surface area contributed by atoms with E-state index in [1.165, 1.54) is 6.07 Å². The van der Waals surface area contributed by atoms with Gasteiger partial charge < -0.3 is 5.11 Å². The number of aromatic hydroxyl groups is 1. The molecule has 3 aromatic rings. The van der Waals surface area contributed by atoms with Crippen LogP contribution < -0.4 is 0 Å². The molecule has 0 saturated heterocycles. The second kappa shape index (κ2) is 3.94. The topological polar surface area (TPSA) is 93.6 Å². The molecule has 88 valence electrons. The molecule has 0 amide bonds. The molecule has 5 nitrogen and oxygen atoms in total. The Hall–Kier alpha value is -3.18. The Kier molecular flexibility index (Phi) is 2.27. The Morgan fingerprint density at radius 2 is 1.53 bits per heavy atom. The largest absolute Gasteiger partial charge is 0.506 e. The molecule has 1 N–H and O–H groups in total. The van der Waals surface area contributed by atoms with Crippen LogP contribution in [-0.4, -0.2) is 15.1 Å². The summed E-state index contributed by atoms with van der Waals surface area (Å²) in [5.74, 6) is -0.0535. The lowest BCUT2D eigenvalue weighted by Gasteiger charge is -2.05. The summed E-state index contributed by atoms with van der Waals surface area (Å²) in [6, 6.07) is 12.0. The van der Waals surface area contributed by atoms with Crippen molar-refractivity contribution >= 4 is 21.8 Å². The van der Waals surface area contributed by atoms with Gasteiger partial charge in [-0.3, -0.25) is 0 Å². The first kappa shape index (κ1) is 10.9. The van der Waals surface area contributed by atoms with Crippen LogP contribution in [0.4, 0.5) is 0 Å². The van der Waals surface area contributed by atoms with Crippen LogP contribution in [0.15, 0.2) is 30.3 Å². The second-order valence-corrected chi connectivity index (χ2v) is 3.98. The van der Waals surface area contributed by atoms with E-state index in [0.717, 1.165) is 5.39 Å². The van der Waals surface area contributed by atoms with Crippen molar-refractivity contribution in [2.45, 2.75) is 0 Å². The summed E-state index contributed by atoms with van der Waals surface area (Å²) >= 11 is 0. The molecule has 0 unspecified atom stereocenters. The van der Waals surface area contributed by atoms with E-state index in [1.54, 1.807) is 24.3 Å². The number of aromatic nitrogens is 2. The second-order valence-electron chi connectivity index (χ2n) is 3.98. The van der Waals surface area contributed by atoms with Crippen LogP contribution in [0.3, 0.4) is 0 Å². The van der Waals surface area contributed by atoms with E-state index in [2.05, 4.69) is 9.97 Å². The van der Waals surface area contributed by atoms with E-state index in [1.807, 2.05) is 12.1 Å². The maximum atomic E-state index is 9.96. The monoisotopic (exact) mass is 246 g/mol. The van der Waals surface area contributed by atoms with Gasteiger partial charge in [-0.2, -0.15) is 10.5 Å². The third-order valence-corrected chi connectivity index (χ3v) is 2.86. The zero-order valence-corrected chi connectivity index (χ0v) is 9.62. The van der Waals surface area contributed by atoms with Crippen molar-refractivity contribution in [3.63, 3.8) is 0 Å². The van der Waals surface area contributed by atoms with E-state index >= 15 is 0 Å². The molecule has 0 aliphatic carbocycles. The highest BCUT2D eigenvalue weighted by atomic mass is 16.3. The van der Waals surface area contributed by atoms with Crippen LogP contribution in [-0.2, 0) is 0 Å². The minimum Gasteiger partial charge on any atom is -0.506 e.